The van der Waals surface area contributed by atoms with Gasteiger partial charge in [0.2, 0.25) is 0 Å². The third kappa shape index (κ3) is 11.1. The third-order valence-corrected chi connectivity index (χ3v) is 2.48. The van der Waals surface area contributed by atoms with Gasteiger partial charge in [0.05, 0.1) is 12.1 Å². The molecule has 0 rings (SSSR count). The average molecular weight is 208 g/mol. The Morgan fingerprint density at radius 2 is 1.80 bits per heavy atom. The van der Waals surface area contributed by atoms with E-state index >= 15 is 0 Å². The van der Waals surface area contributed by atoms with Gasteiger partial charge in [-0.25, -0.2) is 0 Å². The van der Waals surface area contributed by atoms with Crippen LogP contribution in [0.15, 0.2) is 12.7 Å². The van der Waals surface area contributed by atoms with Crippen LogP contribution < -0.4 is 5.32 Å². The summed E-state index contributed by atoms with van der Waals surface area (Å²) in [5.74, 6) is 0. The van der Waals surface area contributed by atoms with E-state index in [2.05, 4.69) is 18.0 Å². The first kappa shape index (κ1) is 14.2. The van der Waals surface area contributed by atoms with Gasteiger partial charge in [0, 0.05) is 0 Å². The smallest absolute Gasteiger partial charge is 0.0924 e. The molecule has 1 unspecified atom stereocenters. The molecule has 86 valence electrons. The Labute approximate surface area is 94.4 Å². The Morgan fingerprint density at radius 1 is 1.20 bits per heavy atom. The first-order valence-electron chi connectivity index (χ1n) is 6.05. The molecule has 0 aromatic heterocycles. The van der Waals surface area contributed by atoms with Crippen molar-refractivity contribution in [1.82, 2.24) is 5.32 Å². The second kappa shape index (κ2) is 11.3. The van der Waals surface area contributed by atoms with Gasteiger partial charge < -0.3 is 5.32 Å². The molecule has 0 amide bonds. The minimum absolute atomic E-state index is 0.00223. The van der Waals surface area contributed by atoms with E-state index in [1.165, 1.54) is 38.5 Å². The SMILES string of the molecule is C=CCCCCCCCCNC(C)C#N. The monoisotopic (exact) mass is 208 g/mol. The highest BCUT2D eigenvalue weighted by Gasteiger charge is 1.96. The molecule has 2 nitrogen and oxygen atoms in total. The lowest BCUT2D eigenvalue weighted by Crippen LogP contribution is -2.25. The van der Waals surface area contributed by atoms with Crippen LogP contribution in [0.5, 0.6) is 0 Å². The molecule has 0 fully saturated rings. The van der Waals surface area contributed by atoms with Crippen molar-refractivity contribution in [3.8, 4) is 6.07 Å². The molecule has 2 heteroatoms. The molecule has 0 aliphatic heterocycles. The van der Waals surface area contributed by atoms with Crippen LogP contribution in [0.2, 0.25) is 0 Å². The largest absolute Gasteiger partial charge is 0.302 e. The van der Waals surface area contributed by atoms with E-state index in [0.717, 1.165) is 13.0 Å². The molecule has 1 N–H and O–H groups in total. The van der Waals surface area contributed by atoms with Crippen molar-refractivity contribution < 1.29 is 0 Å². The summed E-state index contributed by atoms with van der Waals surface area (Å²) in [7, 11) is 0. The zero-order chi connectivity index (χ0) is 11.4. The van der Waals surface area contributed by atoms with Gasteiger partial charge >= 0.3 is 0 Å². The normalized spacial score (nSPS) is 12.0. The van der Waals surface area contributed by atoms with E-state index in [0.29, 0.717) is 0 Å². The molecule has 15 heavy (non-hydrogen) atoms. The standard InChI is InChI=1S/C13H24N2/c1-3-4-5-6-7-8-9-10-11-15-13(2)12-14/h3,13,15H,1,4-11H2,2H3. The van der Waals surface area contributed by atoms with E-state index in [9.17, 15) is 0 Å². The quantitative estimate of drug-likeness (QED) is 0.441. The van der Waals surface area contributed by atoms with Gasteiger partial charge in [0.1, 0.15) is 0 Å². The fourth-order valence-corrected chi connectivity index (χ4v) is 1.48. The zero-order valence-corrected chi connectivity index (χ0v) is 9.97. The molecule has 0 radical (unpaired) electrons. The van der Waals surface area contributed by atoms with E-state index in [1.54, 1.807) is 0 Å². The molecule has 0 heterocycles. The first-order chi connectivity index (χ1) is 7.31. The van der Waals surface area contributed by atoms with Crippen LogP contribution >= 0.6 is 0 Å². The number of rotatable bonds is 10. The molecule has 1 atom stereocenters. The van der Waals surface area contributed by atoms with Crippen LogP contribution in [0.4, 0.5) is 0 Å². The molecule has 0 aliphatic rings. The molecule has 0 aromatic carbocycles. The van der Waals surface area contributed by atoms with Crippen LogP contribution in [-0.2, 0) is 0 Å². The van der Waals surface area contributed by atoms with Gasteiger partial charge in [-0.1, -0.05) is 31.8 Å². The Hall–Kier alpha value is -0.810. The molecule has 0 aliphatic carbocycles. The van der Waals surface area contributed by atoms with Crippen molar-refractivity contribution in [2.45, 2.75) is 57.9 Å². The predicted octanol–water partition coefficient (Wildman–Crippen LogP) is 3.40. The lowest BCUT2D eigenvalue weighted by molar-refractivity contribution is 0.554. The van der Waals surface area contributed by atoms with Crippen LogP contribution in [0, 0.1) is 11.3 Å². The van der Waals surface area contributed by atoms with E-state index in [-0.39, 0.29) is 6.04 Å². The van der Waals surface area contributed by atoms with Crippen molar-refractivity contribution >= 4 is 0 Å². The molecule has 0 saturated carbocycles. The van der Waals surface area contributed by atoms with Crippen LogP contribution in [0.1, 0.15) is 51.9 Å². The van der Waals surface area contributed by atoms with Gasteiger partial charge in [0.15, 0.2) is 0 Å². The van der Waals surface area contributed by atoms with Gasteiger partial charge in [-0.15, -0.1) is 6.58 Å². The number of nitrogens with zero attached hydrogens (tertiary/aromatic N) is 1. The maximum absolute atomic E-state index is 8.54. The Balaban J connectivity index is 2.99. The summed E-state index contributed by atoms with van der Waals surface area (Å²) in [5.41, 5.74) is 0. The number of unbranched alkanes of at least 4 members (excludes halogenated alkanes) is 6. The first-order valence-corrected chi connectivity index (χ1v) is 6.05. The fraction of sp³-hybridized carbons (Fsp3) is 0.769. The Kier molecular flexibility index (Phi) is 10.7. The zero-order valence-electron chi connectivity index (χ0n) is 9.97. The lowest BCUT2D eigenvalue weighted by atomic mass is 10.1. The minimum Gasteiger partial charge on any atom is -0.302 e. The second-order valence-corrected chi connectivity index (χ2v) is 4.00. The molecule has 0 spiro atoms. The number of nitriles is 1. The summed E-state index contributed by atoms with van der Waals surface area (Å²) in [6.07, 6.45) is 10.9. The third-order valence-electron chi connectivity index (χ3n) is 2.48. The van der Waals surface area contributed by atoms with Gasteiger partial charge in [0.25, 0.3) is 0 Å². The van der Waals surface area contributed by atoms with Crippen molar-refractivity contribution in [2.24, 2.45) is 0 Å². The van der Waals surface area contributed by atoms with Crippen molar-refractivity contribution in [3.05, 3.63) is 12.7 Å². The molecular weight excluding hydrogens is 184 g/mol. The lowest BCUT2D eigenvalue weighted by Gasteiger charge is -2.05. The highest BCUT2D eigenvalue weighted by molar-refractivity contribution is 4.84. The predicted molar refractivity (Wildman–Crippen MR) is 65.6 cm³/mol. The highest BCUT2D eigenvalue weighted by Crippen LogP contribution is 2.06. The van der Waals surface area contributed by atoms with Crippen LogP contribution in [-0.4, -0.2) is 12.6 Å². The average Bonchev–Trinajstić information content (AvgIpc) is 2.26. The van der Waals surface area contributed by atoms with E-state index < -0.39 is 0 Å². The van der Waals surface area contributed by atoms with Crippen molar-refractivity contribution in [1.29, 1.82) is 5.26 Å². The number of nitrogens with one attached hydrogen (secondary N) is 1. The molecule has 0 aromatic rings. The van der Waals surface area contributed by atoms with E-state index in [4.69, 9.17) is 5.26 Å². The highest BCUT2D eigenvalue weighted by atomic mass is 14.9. The summed E-state index contributed by atoms with van der Waals surface area (Å²) in [6.45, 7) is 6.58. The minimum atomic E-state index is -0.00223. The maximum atomic E-state index is 8.54. The van der Waals surface area contributed by atoms with Gasteiger partial charge in [-0.3, -0.25) is 0 Å². The molecule has 0 saturated heterocycles. The van der Waals surface area contributed by atoms with Crippen LogP contribution in [0.25, 0.3) is 0 Å². The summed E-state index contributed by atoms with van der Waals surface area (Å²) < 4.78 is 0. The van der Waals surface area contributed by atoms with Crippen molar-refractivity contribution in [3.63, 3.8) is 0 Å². The summed E-state index contributed by atoms with van der Waals surface area (Å²) in [5, 5.41) is 11.7. The summed E-state index contributed by atoms with van der Waals surface area (Å²) in [4.78, 5) is 0. The second-order valence-electron chi connectivity index (χ2n) is 4.00. The Bertz CT molecular complexity index is 181. The van der Waals surface area contributed by atoms with Crippen LogP contribution in [0.3, 0.4) is 0 Å². The summed E-state index contributed by atoms with van der Waals surface area (Å²) >= 11 is 0. The summed E-state index contributed by atoms with van der Waals surface area (Å²) in [6, 6.07) is 2.17. The fourth-order valence-electron chi connectivity index (χ4n) is 1.48. The van der Waals surface area contributed by atoms with Crippen molar-refractivity contribution in [2.75, 3.05) is 6.54 Å². The molecule has 0 bridgehead atoms. The number of hydrogen-bond donors (Lipinski definition) is 1. The Morgan fingerprint density at radius 3 is 2.40 bits per heavy atom. The molecular formula is C13H24N2. The van der Waals surface area contributed by atoms with E-state index in [1.807, 2.05) is 13.0 Å². The maximum Gasteiger partial charge on any atom is 0.0924 e. The topological polar surface area (TPSA) is 35.8 Å². The van der Waals surface area contributed by atoms with Gasteiger partial charge in [-0.05, 0) is 32.7 Å². The number of hydrogen-bond acceptors (Lipinski definition) is 2. The van der Waals surface area contributed by atoms with Gasteiger partial charge in [-0.2, -0.15) is 5.26 Å². The number of allylic oxidation sites excluding steroid dienone is 1.